The molecule has 106 valence electrons. The van der Waals surface area contributed by atoms with Crippen LogP contribution in [0.5, 0.6) is 0 Å². The highest BCUT2D eigenvalue weighted by Gasteiger charge is 2.31. The number of furan rings is 1. The van der Waals surface area contributed by atoms with E-state index in [1.54, 1.807) is 0 Å². The fourth-order valence-electron chi connectivity index (χ4n) is 3.91. The highest BCUT2D eigenvalue weighted by Crippen LogP contribution is 2.36. The summed E-state index contributed by atoms with van der Waals surface area (Å²) < 4.78 is 5.66. The Labute approximate surface area is 116 Å². The van der Waals surface area contributed by atoms with Gasteiger partial charge in [-0.25, -0.2) is 0 Å². The molecular formula is C16H26N2O. The second-order valence-electron chi connectivity index (χ2n) is 6.33. The number of nitrogens with zero attached hydrogens (tertiary/aromatic N) is 1. The molecule has 1 aliphatic carbocycles. The highest BCUT2D eigenvalue weighted by molar-refractivity contribution is 5.20. The maximum absolute atomic E-state index is 5.66. The number of hydrogen-bond donors (Lipinski definition) is 1. The molecule has 0 spiro atoms. The van der Waals surface area contributed by atoms with E-state index in [2.05, 4.69) is 17.9 Å². The Kier molecular flexibility index (Phi) is 3.94. The molecule has 0 radical (unpaired) electrons. The highest BCUT2D eigenvalue weighted by atomic mass is 16.3. The van der Waals surface area contributed by atoms with Gasteiger partial charge in [-0.3, -0.25) is 4.90 Å². The van der Waals surface area contributed by atoms with Gasteiger partial charge in [0.15, 0.2) is 0 Å². The maximum Gasteiger partial charge on any atom is 0.118 e. The summed E-state index contributed by atoms with van der Waals surface area (Å²) >= 11 is 0. The van der Waals surface area contributed by atoms with Crippen molar-refractivity contribution in [3.8, 4) is 0 Å². The zero-order valence-electron chi connectivity index (χ0n) is 12.0. The molecule has 2 N–H and O–H groups in total. The smallest absolute Gasteiger partial charge is 0.118 e. The van der Waals surface area contributed by atoms with Crippen LogP contribution in [0.3, 0.4) is 0 Å². The van der Waals surface area contributed by atoms with E-state index in [4.69, 9.17) is 10.2 Å². The molecule has 19 heavy (non-hydrogen) atoms. The van der Waals surface area contributed by atoms with Crippen molar-refractivity contribution in [1.29, 1.82) is 0 Å². The number of rotatable bonds is 3. The van der Waals surface area contributed by atoms with Gasteiger partial charge in [-0.1, -0.05) is 19.3 Å². The van der Waals surface area contributed by atoms with Gasteiger partial charge in [-0.15, -0.1) is 0 Å². The predicted octanol–water partition coefficient (Wildman–Crippen LogP) is 3.06. The second-order valence-corrected chi connectivity index (χ2v) is 6.33. The number of fused-ring (bicyclic) bond motifs is 1. The Morgan fingerprint density at radius 1 is 1.26 bits per heavy atom. The lowest BCUT2D eigenvalue weighted by Crippen LogP contribution is -2.41. The Bertz CT molecular complexity index is 426. The number of aryl methyl sites for hydroxylation is 1. The van der Waals surface area contributed by atoms with Crippen molar-refractivity contribution in [2.24, 2.45) is 17.6 Å². The molecule has 0 bridgehead atoms. The third-order valence-electron chi connectivity index (χ3n) is 5.04. The largest absolute Gasteiger partial charge is 0.465 e. The van der Waals surface area contributed by atoms with E-state index in [9.17, 15) is 0 Å². The van der Waals surface area contributed by atoms with Gasteiger partial charge in [-0.2, -0.15) is 0 Å². The predicted molar refractivity (Wildman–Crippen MR) is 76.7 cm³/mol. The molecule has 0 aromatic carbocycles. The molecule has 3 rings (SSSR count). The minimum atomic E-state index is 0.505. The molecule has 1 aromatic rings. The molecule has 1 aliphatic heterocycles. The zero-order valence-corrected chi connectivity index (χ0v) is 12.0. The van der Waals surface area contributed by atoms with Crippen molar-refractivity contribution in [2.45, 2.75) is 52.1 Å². The van der Waals surface area contributed by atoms with Crippen LogP contribution in [-0.4, -0.2) is 18.0 Å². The monoisotopic (exact) mass is 262 g/mol. The van der Waals surface area contributed by atoms with Crippen molar-refractivity contribution in [2.75, 3.05) is 13.1 Å². The quantitative estimate of drug-likeness (QED) is 0.910. The van der Waals surface area contributed by atoms with E-state index in [0.29, 0.717) is 6.54 Å². The van der Waals surface area contributed by atoms with Gasteiger partial charge < -0.3 is 10.2 Å². The fourth-order valence-corrected chi connectivity index (χ4v) is 3.91. The Balaban J connectivity index is 1.62. The molecule has 0 amide bonds. The van der Waals surface area contributed by atoms with E-state index in [1.807, 2.05) is 0 Å². The molecule has 1 saturated heterocycles. The van der Waals surface area contributed by atoms with Crippen molar-refractivity contribution < 1.29 is 4.42 Å². The Hall–Kier alpha value is -0.800. The van der Waals surface area contributed by atoms with E-state index >= 15 is 0 Å². The van der Waals surface area contributed by atoms with Gasteiger partial charge in [-0.05, 0) is 44.2 Å². The van der Waals surface area contributed by atoms with Crippen LogP contribution in [0.1, 0.15) is 49.2 Å². The van der Waals surface area contributed by atoms with Crippen LogP contribution in [-0.2, 0) is 13.1 Å². The van der Waals surface area contributed by atoms with Crippen LogP contribution < -0.4 is 5.73 Å². The van der Waals surface area contributed by atoms with Crippen LogP contribution in [0.15, 0.2) is 10.5 Å². The summed E-state index contributed by atoms with van der Waals surface area (Å²) in [5.41, 5.74) is 6.97. The maximum atomic E-state index is 5.66. The molecule has 2 fully saturated rings. The summed E-state index contributed by atoms with van der Waals surface area (Å²) in [7, 11) is 0. The van der Waals surface area contributed by atoms with Crippen molar-refractivity contribution in [3.05, 3.63) is 23.2 Å². The molecular weight excluding hydrogens is 236 g/mol. The SMILES string of the molecule is Cc1oc(CN)cc1CN1CCC2CCCCC2C1. The first kappa shape index (κ1) is 13.2. The Morgan fingerprint density at radius 2 is 2.05 bits per heavy atom. The molecule has 3 nitrogen and oxygen atoms in total. The molecule has 2 aliphatic rings. The molecule has 1 saturated carbocycles. The standard InChI is InChI=1S/C16H26N2O/c1-12-15(8-16(9-17)19-12)11-18-7-6-13-4-2-3-5-14(13)10-18/h8,13-14H,2-7,9-11,17H2,1H3. The fraction of sp³-hybridized carbons (Fsp3) is 0.750. The van der Waals surface area contributed by atoms with E-state index in [1.165, 1.54) is 50.8 Å². The minimum Gasteiger partial charge on any atom is -0.465 e. The molecule has 3 heteroatoms. The normalized spacial score (nSPS) is 28.3. The topological polar surface area (TPSA) is 42.4 Å². The lowest BCUT2D eigenvalue weighted by atomic mass is 9.75. The third-order valence-corrected chi connectivity index (χ3v) is 5.04. The van der Waals surface area contributed by atoms with Gasteiger partial charge in [0, 0.05) is 18.7 Å². The zero-order chi connectivity index (χ0) is 13.2. The number of nitrogens with two attached hydrogens (primary N) is 1. The van der Waals surface area contributed by atoms with E-state index in [0.717, 1.165) is 29.9 Å². The summed E-state index contributed by atoms with van der Waals surface area (Å²) in [4.78, 5) is 2.62. The average molecular weight is 262 g/mol. The first-order chi connectivity index (χ1) is 9.26. The lowest BCUT2D eigenvalue weighted by Gasteiger charge is -2.41. The number of hydrogen-bond acceptors (Lipinski definition) is 3. The molecule has 2 atom stereocenters. The van der Waals surface area contributed by atoms with E-state index in [-0.39, 0.29) is 0 Å². The summed E-state index contributed by atoms with van der Waals surface area (Å²) in [5, 5.41) is 0. The van der Waals surface area contributed by atoms with Crippen LogP contribution in [0.4, 0.5) is 0 Å². The first-order valence-electron chi connectivity index (χ1n) is 7.77. The van der Waals surface area contributed by atoms with Gasteiger partial charge in [0.25, 0.3) is 0 Å². The summed E-state index contributed by atoms with van der Waals surface area (Å²) in [6.07, 6.45) is 7.21. The van der Waals surface area contributed by atoms with Crippen LogP contribution in [0.25, 0.3) is 0 Å². The van der Waals surface area contributed by atoms with Gasteiger partial charge in [0.1, 0.15) is 11.5 Å². The van der Waals surface area contributed by atoms with Gasteiger partial charge in [0.05, 0.1) is 6.54 Å². The van der Waals surface area contributed by atoms with Gasteiger partial charge in [0.2, 0.25) is 0 Å². The van der Waals surface area contributed by atoms with E-state index < -0.39 is 0 Å². The number of piperidine rings is 1. The molecule has 1 aromatic heterocycles. The van der Waals surface area contributed by atoms with Crippen molar-refractivity contribution in [3.63, 3.8) is 0 Å². The summed E-state index contributed by atoms with van der Waals surface area (Å²) in [6.45, 7) is 6.14. The lowest BCUT2D eigenvalue weighted by molar-refractivity contribution is 0.0817. The van der Waals surface area contributed by atoms with Gasteiger partial charge >= 0.3 is 0 Å². The average Bonchev–Trinajstić information content (AvgIpc) is 2.79. The minimum absolute atomic E-state index is 0.505. The van der Waals surface area contributed by atoms with Crippen LogP contribution in [0.2, 0.25) is 0 Å². The molecule has 2 unspecified atom stereocenters. The first-order valence-corrected chi connectivity index (χ1v) is 7.77. The second kappa shape index (κ2) is 5.68. The third kappa shape index (κ3) is 2.87. The number of likely N-dealkylation sites (tertiary alicyclic amines) is 1. The molecule has 2 heterocycles. The van der Waals surface area contributed by atoms with Crippen molar-refractivity contribution >= 4 is 0 Å². The summed E-state index contributed by atoms with van der Waals surface area (Å²) in [5.74, 6) is 3.92. The Morgan fingerprint density at radius 3 is 2.79 bits per heavy atom. The van der Waals surface area contributed by atoms with Crippen molar-refractivity contribution in [1.82, 2.24) is 4.90 Å². The van der Waals surface area contributed by atoms with Crippen LogP contribution in [0, 0.1) is 18.8 Å². The van der Waals surface area contributed by atoms with Crippen LogP contribution >= 0.6 is 0 Å². The summed E-state index contributed by atoms with van der Waals surface area (Å²) in [6, 6.07) is 2.14.